The van der Waals surface area contributed by atoms with Crippen LogP contribution in [0.25, 0.3) is 10.9 Å². The van der Waals surface area contributed by atoms with E-state index in [-0.39, 0.29) is 12.0 Å². The molecule has 2 N–H and O–H groups in total. The van der Waals surface area contributed by atoms with E-state index in [0.29, 0.717) is 5.75 Å². The molecule has 2 heterocycles. The number of nitrogens with one attached hydrogen (secondary N) is 1. The van der Waals surface area contributed by atoms with E-state index in [9.17, 15) is 9.90 Å². The summed E-state index contributed by atoms with van der Waals surface area (Å²) in [5, 5.41) is 11.3. The third kappa shape index (κ3) is 3.47. The fourth-order valence-electron chi connectivity index (χ4n) is 3.81. The Balaban J connectivity index is 1.79. The number of aliphatic hydroxyl groups is 1. The second-order valence-corrected chi connectivity index (χ2v) is 7.18. The number of rotatable bonds is 5. The Hall–Kier alpha value is -1.85. The molecule has 1 aliphatic heterocycles. The predicted molar refractivity (Wildman–Crippen MR) is 94.2 cm³/mol. The van der Waals surface area contributed by atoms with Crippen molar-refractivity contribution in [3.63, 3.8) is 0 Å². The van der Waals surface area contributed by atoms with Crippen LogP contribution >= 0.6 is 0 Å². The molecule has 5 nitrogen and oxygen atoms in total. The third-order valence-corrected chi connectivity index (χ3v) is 4.85. The predicted octanol–water partition coefficient (Wildman–Crippen LogP) is 2.87. The molecular weight excluding hydrogens is 304 g/mol. The van der Waals surface area contributed by atoms with Crippen LogP contribution in [0.15, 0.2) is 24.4 Å². The van der Waals surface area contributed by atoms with Crippen LogP contribution in [0.1, 0.15) is 39.2 Å². The van der Waals surface area contributed by atoms with E-state index in [1.54, 1.807) is 0 Å². The highest BCUT2D eigenvalue weighted by atomic mass is 16.5. The molecule has 2 aromatic rings. The fourth-order valence-corrected chi connectivity index (χ4v) is 3.81. The summed E-state index contributed by atoms with van der Waals surface area (Å²) in [5.74, 6) is 0.299. The number of aromatic nitrogens is 1. The molecule has 1 atom stereocenters. The molecule has 0 saturated carbocycles. The summed E-state index contributed by atoms with van der Waals surface area (Å²) in [6, 6.07) is 5.90. The summed E-state index contributed by atoms with van der Waals surface area (Å²) in [4.78, 5) is 17.0. The molecule has 0 aliphatic carbocycles. The van der Waals surface area contributed by atoms with E-state index in [4.69, 9.17) is 4.74 Å². The molecule has 0 unspecified atom stereocenters. The van der Waals surface area contributed by atoms with E-state index in [2.05, 4.69) is 9.88 Å². The number of hydrogen-bond acceptors (Lipinski definition) is 4. The second-order valence-electron chi connectivity index (χ2n) is 7.18. The lowest BCUT2D eigenvalue weighted by molar-refractivity contribution is -0.131. The maximum absolute atomic E-state index is 11.3. The molecule has 1 saturated heterocycles. The first-order valence-electron chi connectivity index (χ1n) is 8.60. The van der Waals surface area contributed by atoms with Gasteiger partial charge in [0, 0.05) is 36.6 Å². The highest BCUT2D eigenvalue weighted by Crippen LogP contribution is 2.31. The molecule has 130 valence electrons. The summed E-state index contributed by atoms with van der Waals surface area (Å²) in [7, 11) is 0. The van der Waals surface area contributed by atoms with Gasteiger partial charge in [0.2, 0.25) is 0 Å². The molecule has 0 spiro atoms. The normalized spacial score (nSPS) is 19.1. The first-order chi connectivity index (χ1) is 11.4. The van der Waals surface area contributed by atoms with Gasteiger partial charge in [-0.3, -0.25) is 9.69 Å². The van der Waals surface area contributed by atoms with Gasteiger partial charge < -0.3 is 14.8 Å². The molecule has 0 bridgehead atoms. The standard InChI is InChI=1S/C19H26N2O3/c1-13(22)24-16-7-4-6-15-18(16)14(12-20-15)9-11-21-10-5-8-17(21)19(2,3)23/h4,6-7,12,17,20,23H,5,8-11H2,1-3H3/t17-/m0/s1. The number of esters is 1. The first-order valence-corrected chi connectivity index (χ1v) is 8.60. The largest absolute Gasteiger partial charge is 0.426 e. The minimum atomic E-state index is -0.681. The summed E-state index contributed by atoms with van der Waals surface area (Å²) in [6.07, 6.45) is 5.01. The Bertz CT molecular complexity index is 730. The zero-order valence-electron chi connectivity index (χ0n) is 14.6. The van der Waals surface area contributed by atoms with Crippen LogP contribution in [0, 0.1) is 0 Å². The highest BCUT2D eigenvalue weighted by molar-refractivity contribution is 5.91. The number of benzene rings is 1. The van der Waals surface area contributed by atoms with Crippen molar-refractivity contribution in [2.45, 2.75) is 51.7 Å². The smallest absolute Gasteiger partial charge is 0.308 e. The number of carbonyl (C=O) groups is 1. The van der Waals surface area contributed by atoms with E-state index in [0.717, 1.165) is 48.8 Å². The Morgan fingerprint density at radius 1 is 1.46 bits per heavy atom. The minimum absolute atomic E-state index is 0.204. The van der Waals surface area contributed by atoms with Crippen LogP contribution in [0.5, 0.6) is 5.75 Å². The summed E-state index contributed by atoms with van der Waals surface area (Å²) >= 11 is 0. The van der Waals surface area contributed by atoms with Gasteiger partial charge in [0.05, 0.1) is 5.60 Å². The van der Waals surface area contributed by atoms with Crippen molar-refractivity contribution in [1.82, 2.24) is 9.88 Å². The summed E-state index contributed by atoms with van der Waals surface area (Å²) in [6.45, 7) is 7.11. The topological polar surface area (TPSA) is 65.6 Å². The highest BCUT2D eigenvalue weighted by Gasteiger charge is 2.35. The number of fused-ring (bicyclic) bond motifs is 1. The third-order valence-electron chi connectivity index (χ3n) is 4.85. The van der Waals surface area contributed by atoms with Crippen LogP contribution in [0.3, 0.4) is 0 Å². The molecular formula is C19H26N2O3. The number of hydrogen-bond donors (Lipinski definition) is 2. The van der Waals surface area contributed by atoms with Crippen molar-refractivity contribution in [3.05, 3.63) is 30.0 Å². The van der Waals surface area contributed by atoms with Gasteiger partial charge in [0.15, 0.2) is 0 Å². The monoisotopic (exact) mass is 330 g/mol. The Morgan fingerprint density at radius 2 is 2.25 bits per heavy atom. The van der Waals surface area contributed by atoms with Gasteiger partial charge in [-0.25, -0.2) is 0 Å². The summed E-state index contributed by atoms with van der Waals surface area (Å²) < 4.78 is 5.36. The van der Waals surface area contributed by atoms with Crippen LogP contribution in [0.2, 0.25) is 0 Å². The minimum Gasteiger partial charge on any atom is -0.426 e. The number of likely N-dealkylation sites (tertiary alicyclic amines) is 1. The first kappa shape index (κ1) is 17.0. The maximum atomic E-state index is 11.3. The van der Waals surface area contributed by atoms with Crippen LogP contribution in [-0.2, 0) is 11.2 Å². The lowest BCUT2D eigenvalue weighted by atomic mass is 9.96. The quantitative estimate of drug-likeness (QED) is 0.653. The van der Waals surface area contributed by atoms with E-state index in [1.165, 1.54) is 6.92 Å². The Labute approximate surface area is 142 Å². The number of aromatic amines is 1. The summed E-state index contributed by atoms with van der Waals surface area (Å²) in [5.41, 5.74) is 1.44. The number of nitrogens with zero attached hydrogens (tertiary/aromatic N) is 1. The van der Waals surface area contributed by atoms with Crippen molar-refractivity contribution in [1.29, 1.82) is 0 Å². The van der Waals surface area contributed by atoms with Crippen molar-refractivity contribution in [2.75, 3.05) is 13.1 Å². The van der Waals surface area contributed by atoms with Crippen molar-refractivity contribution in [3.8, 4) is 5.75 Å². The molecule has 1 aromatic carbocycles. The zero-order valence-corrected chi connectivity index (χ0v) is 14.6. The molecule has 3 rings (SSSR count). The van der Waals surface area contributed by atoms with E-state index >= 15 is 0 Å². The van der Waals surface area contributed by atoms with Crippen molar-refractivity contribution < 1.29 is 14.6 Å². The van der Waals surface area contributed by atoms with Crippen LogP contribution in [-0.4, -0.2) is 45.7 Å². The van der Waals surface area contributed by atoms with E-state index < -0.39 is 5.60 Å². The van der Waals surface area contributed by atoms with Crippen LogP contribution < -0.4 is 4.74 Å². The molecule has 1 aromatic heterocycles. The molecule has 1 fully saturated rings. The molecule has 24 heavy (non-hydrogen) atoms. The average molecular weight is 330 g/mol. The van der Waals surface area contributed by atoms with Gasteiger partial charge in [0.1, 0.15) is 5.75 Å². The van der Waals surface area contributed by atoms with Gasteiger partial charge in [-0.1, -0.05) is 6.07 Å². The Morgan fingerprint density at radius 3 is 2.96 bits per heavy atom. The van der Waals surface area contributed by atoms with Crippen LogP contribution in [0.4, 0.5) is 0 Å². The molecule has 1 aliphatic rings. The number of ether oxygens (including phenoxy) is 1. The van der Waals surface area contributed by atoms with Crippen molar-refractivity contribution >= 4 is 16.9 Å². The second kappa shape index (κ2) is 6.57. The van der Waals surface area contributed by atoms with Gasteiger partial charge >= 0.3 is 5.97 Å². The van der Waals surface area contributed by atoms with E-state index in [1.807, 2.05) is 38.2 Å². The van der Waals surface area contributed by atoms with Gasteiger partial charge in [-0.05, 0) is 57.4 Å². The van der Waals surface area contributed by atoms with Gasteiger partial charge in [-0.2, -0.15) is 0 Å². The SMILES string of the molecule is CC(=O)Oc1cccc2[nH]cc(CCN3CCC[C@H]3C(C)(C)O)c12. The fraction of sp³-hybridized carbons (Fsp3) is 0.526. The zero-order chi connectivity index (χ0) is 17.3. The molecule has 0 radical (unpaired) electrons. The molecule has 5 heteroatoms. The van der Waals surface area contributed by atoms with Gasteiger partial charge in [0.25, 0.3) is 0 Å². The Kier molecular flexibility index (Phi) is 4.65. The molecule has 0 amide bonds. The lowest BCUT2D eigenvalue weighted by Crippen LogP contribution is -2.46. The maximum Gasteiger partial charge on any atom is 0.308 e. The number of carbonyl (C=O) groups excluding carboxylic acids is 1. The van der Waals surface area contributed by atoms with Gasteiger partial charge in [-0.15, -0.1) is 0 Å². The number of H-pyrrole nitrogens is 1. The van der Waals surface area contributed by atoms with Crippen molar-refractivity contribution in [2.24, 2.45) is 0 Å². The lowest BCUT2D eigenvalue weighted by Gasteiger charge is -2.33. The average Bonchev–Trinajstić information content (AvgIpc) is 3.11.